The summed E-state index contributed by atoms with van der Waals surface area (Å²) in [6.45, 7) is 8.00. The highest BCUT2D eigenvalue weighted by Crippen LogP contribution is 2.43. The van der Waals surface area contributed by atoms with Crippen LogP contribution < -0.4 is 14.2 Å². The molecule has 0 saturated heterocycles. The highest BCUT2D eigenvalue weighted by atomic mass is 35.5. The minimum Gasteiger partial charge on any atom is -0.507 e. The number of hydrogen-bond acceptors (Lipinski definition) is 6. The van der Waals surface area contributed by atoms with E-state index in [9.17, 15) is 13.5 Å². The Bertz CT molecular complexity index is 1020. The van der Waals surface area contributed by atoms with Crippen molar-refractivity contribution in [2.45, 2.75) is 46.1 Å². The molecular weight excluding hydrogens is 416 g/mol. The van der Waals surface area contributed by atoms with Crippen molar-refractivity contribution in [3.63, 3.8) is 0 Å². The molecule has 2 heterocycles. The van der Waals surface area contributed by atoms with Gasteiger partial charge in [0.2, 0.25) is 15.9 Å². The van der Waals surface area contributed by atoms with Crippen molar-refractivity contribution in [3.8, 4) is 17.4 Å². The Hall–Kier alpha value is -2.19. The van der Waals surface area contributed by atoms with Gasteiger partial charge in [0.05, 0.1) is 11.9 Å². The van der Waals surface area contributed by atoms with Crippen molar-refractivity contribution < 1.29 is 23.0 Å². The third-order valence-corrected chi connectivity index (χ3v) is 6.97. The topological polar surface area (TPSA) is 97.8 Å². The van der Waals surface area contributed by atoms with Gasteiger partial charge in [0.1, 0.15) is 28.9 Å². The van der Waals surface area contributed by atoms with Crippen molar-refractivity contribution in [1.29, 1.82) is 0 Å². The van der Waals surface area contributed by atoms with Crippen LogP contribution in [0.15, 0.2) is 18.3 Å². The fraction of sp³-hybridized carbons (Fsp3) is 0.450. The van der Waals surface area contributed by atoms with Gasteiger partial charge in [0, 0.05) is 11.6 Å². The first-order chi connectivity index (χ1) is 13.6. The second kappa shape index (κ2) is 7.91. The molecule has 0 radical (unpaired) electrons. The molecule has 1 aromatic carbocycles. The maximum atomic E-state index is 11.5. The van der Waals surface area contributed by atoms with Crippen LogP contribution in [0.3, 0.4) is 0 Å². The highest BCUT2D eigenvalue weighted by molar-refractivity contribution is 7.93. The number of hydrogen-bond donors (Lipinski definition) is 2. The van der Waals surface area contributed by atoms with Gasteiger partial charge in [-0.15, -0.1) is 11.6 Å². The quantitative estimate of drug-likeness (QED) is 0.663. The Morgan fingerprint density at radius 2 is 2.00 bits per heavy atom. The van der Waals surface area contributed by atoms with E-state index in [0.29, 0.717) is 17.3 Å². The number of ether oxygens (including phenoxy) is 2. The van der Waals surface area contributed by atoms with Crippen molar-refractivity contribution in [3.05, 3.63) is 40.6 Å². The number of sulfonamides is 1. The summed E-state index contributed by atoms with van der Waals surface area (Å²) in [5.41, 5.74) is 3.42. The SMILES string of the molecule is Cc1c(C)c2c(c(C)c1O)CCC(C)(COc1ccc(NS(=O)(=O)CCl)cn1)O2. The van der Waals surface area contributed by atoms with E-state index in [4.69, 9.17) is 21.1 Å². The van der Waals surface area contributed by atoms with Crippen molar-refractivity contribution in [2.75, 3.05) is 16.5 Å². The van der Waals surface area contributed by atoms with E-state index in [1.165, 1.54) is 6.20 Å². The average molecular weight is 441 g/mol. The van der Waals surface area contributed by atoms with E-state index in [-0.39, 0.29) is 6.61 Å². The lowest BCUT2D eigenvalue weighted by Gasteiger charge is -2.37. The third-order valence-electron chi connectivity index (χ3n) is 5.27. The molecule has 158 valence electrons. The minimum atomic E-state index is -3.57. The maximum absolute atomic E-state index is 11.5. The standard InChI is InChI=1S/C20H25ClN2O5S/c1-12-13(2)19-16(14(3)18(12)24)7-8-20(4,28-19)10-27-17-6-5-15(9-22-17)23-29(25,26)11-21/h5-6,9,23-24H,7-8,10-11H2,1-4H3. The van der Waals surface area contributed by atoms with Crippen LogP contribution in [0.5, 0.6) is 17.4 Å². The van der Waals surface area contributed by atoms with Gasteiger partial charge in [0.25, 0.3) is 0 Å². The van der Waals surface area contributed by atoms with E-state index >= 15 is 0 Å². The molecular formula is C20H25ClN2O5S. The molecule has 9 heteroatoms. The summed E-state index contributed by atoms with van der Waals surface area (Å²) in [5, 5.41) is 9.77. The van der Waals surface area contributed by atoms with Crippen molar-refractivity contribution in [2.24, 2.45) is 0 Å². The first-order valence-corrected chi connectivity index (χ1v) is 11.4. The molecule has 1 aliphatic heterocycles. The molecule has 2 N–H and O–H groups in total. The Morgan fingerprint density at radius 3 is 2.62 bits per heavy atom. The van der Waals surface area contributed by atoms with Crippen LogP contribution in [0.25, 0.3) is 0 Å². The van der Waals surface area contributed by atoms with E-state index in [1.54, 1.807) is 12.1 Å². The number of anilines is 1. The van der Waals surface area contributed by atoms with E-state index in [2.05, 4.69) is 9.71 Å². The number of nitrogens with one attached hydrogen (secondary N) is 1. The van der Waals surface area contributed by atoms with Crippen LogP contribution in [0.2, 0.25) is 0 Å². The number of phenolic OH excluding ortho intramolecular Hbond substituents is 1. The van der Waals surface area contributed by atoms with E-state index in [0.717, 1.165) is 40.8 Å². The molecule has 0 amide bonds. The number of rotatable bonds is 6. The number of phenols is 1. The van der Waals surface area contributed by atoms with Crippen LogP contribution in [0.1, 0.15) is 35.6 Å². The molecule has 1 aliphatic rings. The lowest BCUT2D eigenvalue weighted by Crippen LogP contribution is -2.42. The van der Waals surface area contributed by atoms with Gasteiger partial charge in [-0.2, -0.15) is 0 Å². The summed E-state index contributed by atoms with van der Waals surface area (Å²) >= 11 is 5.38. The zero-order chi connectivity index (χ0) is 21.4. The summed E-state index contributed by atoms with van der Waals surface area (Å²) in [6, 6.07) is 3.15. The Kier molecular flexibility index (Phi) is 5.87. The Labute approximate surface area is 176 Å². The van der Waals surface area contributed by atoms with Gasteiger partial charge in [-0.25, -0.2) is 13.4 Å². The van der Waals surface area contributed by atoms with E-state index < -0.39 is 20.8 Å². The van der Waals surface area contributed by atoms with Gasteiger partial charge in [0.15, 0.2) is 0 Å². The summed E-state index contributed by atoms with van der Waals surface area (Å²) in [6.07, 6.45) is 2.89. The fourth-order valence-electron chi connectivity index (χ4n) is 3.36. The molecule has 7 nitrogen and oxygen atoms in total. The molecule has 0 spiro atoms. The monoisotopic (exact) mass is 440 g/mol. The zero-order valence-electron chi connectivity index (χ0n) is 16.9. The molecule has 2 aromatic rings. The van der Waals surface area contributed by atoms with Gasteiger partial charge in [-0.1, -0.05) is 0 Å². The van der Waals surface area contributed by atoms with Gasteiger partial charge in [-0.3, -0.25) is 4.72 Å². The Morgan fingerprint density at radius 1 is 1.28 bits per heavy atom. The largest absolute Gasteiger partial charge is 0.507 e. The van der Waals surface area contributed by atoms with Gasteiger partial charge < -0.3 is 14.6 Å². The second-order valence-corrected chi connectivity index (χ2v) is 9.89. The average Bonchev–Trinajstić information content (AvgIpc) is 2.70. The fourth-order valence-corrected chi connectivity index (χ4v) is 4.05. The smallest absolute Gasteiger partial charge is 0.246 e. The lowest BCUT2D eigenvalue weighted by molar-refractivity contribution is 0.0152. The number of pyridine rings is 1. The molecule has 1 atom stereocenters. The van der Waals surface area contributed by atoms with Crippen molar-refractivity contribution in [1.82, 2.24) is 4.98 Å². The number of halogens is 1. The number of alkyl halides is 1. The predicted octanol–water partition coefficient (Wildman–Crippen LogP) is 3.81. The van der Waals surface area contributed by atoms with E-state index in [1.807, 2.05) is 27.7 Å². The number of aromatic nitrogens is 1. The normalized spacial score (nSPS) is 18.7. The number of fused-ring (bicyclic) bond motifs is 1. The molecule has 3 rings (SSSR count). The zero-order valence-corrected chi connectivity index (χ0v) is 18.4. The summed E-state index contributed by atoms with van der Waals surface area (Å²) in [5.74, 6) is 1.51. The molecule has 29 heavy (non-hydrogen) atoms. The number of nitrogens with zero attached hydrogens (tertiary/aromatic N) is 1. The molecule has 0 bridgehead atoms. The predicted molar refractivity (Wildman–Crippen MR) is 113 cm³/mol. The Balaban J connectivity index is 1.71. The van der Waals surface area contributed by atoms with Crippen LogP contribution in [0.4, 0.5) is 5.69 Å². The van der Waals surface area contributed by atoms with Crippen LogP contribution in [-0.4, -0.2) is 35.9 Å². The second-order valence-electron chi connectivity index (χ2n) is 7.58. The summed E-state index contributed by atoms with van der Waals surface area (Å²) in [4.78, 5) is 4.13. The van der Waals surface area contributed by atoms with Gasteiger partial charge in [-0.05, 0) is 63.3 Å². The molecule has 0 saturated carbocycles. The maximum Gasteiger partial charge on any atom is 0.246 e. The van der Waals surface area contributed by atoms with Crippen LogP contribution in [0, 0.1) is 20.8 Å². The summed E-state index contributed by atoms with van der Waals surface area (Å²) in [7, 11) is -3.57. The third kappa shape index (κ3) is 4.53. The molecule has 1 unspecified atom stereocenters. The number of benzene rings is 1. The van der Waals surface area contributed by atoms with Crippen molar-refractivity contribution >= 4 is 27.3 Å². The molecule has 0 aliphatic carbocycles. The minimum absolute atomic E-state index is 0.282. The van der Waals surface area contributed by atoms with Crippen LogP contribution >= 0.6 is 11.6 Å². The molecule has 1 aromatic heterocycles. The first-order valence-electron chi connectivity index (χ1n) is 9.21. The highest BCUT2D eigenvalue weighted by Gasteiger charge is 2.35. The summed E-state index contributed by atoms with van der Waals surface area (Å²) < 4.78 is 37.4. The molecule has 0 fully saturated rings. The number of aromatic hydroxyl groups is 1. The van der Waals surface area contributed by atoms with Crippen LogP contribution in [-0.2, 0) is 16.4 Å². The van der Waals surface area contributed by atoms with Gasteiger partial charge >= 0.3 is 0 Å². The first kappa shape index (κ1) is 21.5. The lowest BCUT2D eigenvalue weighted by atomic mass is 9.87.